The second-order valence-corrected chi connectivity index (χ2v) is 4.07. The quantitative estimate of drug-likeness (QED) is 0.653. The first kappa shape index (κ1) is 13.1. The van der Waals surface area contributed by atoms with Crippen LogP contribution in [0.3, 0.4) is 0 Å². The van der Waals surface area contributed by atoms with Crippen molar-refractivity contribution in [1.82, 2.24) is 0 Å². The van der Waals surface area contributed by atoms with Crippen molar-refractivity contribution in [2.45, 2.75) is 12.8 Å². The predicted molar refractivity (Wildman–Crippen MR) is 66.2 cm³/mol. The molecule has 16 heavy (non-hydrogen) atoms. The topological polar surface area (TPSA) is 38.3 Å². The highest BCUT2D eigenvalue weighted by atomic mass is 35.5. The van der Waals surface area contributed by atoms with Crippen LogP contribution in [-0.4, -0.2) is 19.6 Å². The summed E-state index contributed by atoms with van der Waals surface area (Å²) in [5, 5.41) is 4.35. The van der Waals surface area contributed by atoms with E-state index < -0.39 is 0 Å². The van der Waals surface area contributed by atoms with Gasteiger partial charge in [0.15, 0.2) is 0 Å². The molecule has 0 spiro atoms. The molecule has 0 amide bonds. The molecular weight excluding hydrogens is 249 g/mol. The van der Waals surface area contributed by atoms with E-state index in [1.54, 1.807) is 18.2 Å². The van der Waals surface area contributed by atoms with Gasteiger partial charge in [-0.15, -0.1) is 0 Å². The van der Waals surface area contributed by atoms with E-state index in [4.69, 9.17) is 23.2 Å². The highest BCUT2D eigenvalue weighted by molar-refractivity contribution is 6.35. The summed E-state index contributed by atoms with van der Waals surface area (Å²) in [6.45, 7) is 0.648. The molecule has 0 saturated carbocycles. The maximum absolute atomic E-state index is 10.8. The Labute approximate surface area is 105 Å². The highest BCUT2D eigenvalue weighted by Gasteiger charge is 2.02. The largest absolute Gasteiger partial charge is 0.469 e. The molecule has 1 aromatic carbocycles. The van der Waals surface area contributed by atoms with Crippen LogP contribution in [0, 0.1) is 0 Å². The van der Waals surface area contributed by atoms with Crippen LogP contribution in [0.1, 0.15) is 12.8 Å². The van der Waals surface area contributed by atoms with Crippen LogP contribution in [0.5, 0.6) is 0 Å². The summed E-state index contributed by atoms with van der Waals surface area (Å²) in [6.07, 6.45) is 1.08. The lowest BCUT2D eigenvalue weighted by atomic mass is 10.3. The third kappa shape index (κ3) is 4.29. The number of carbonyl (C=O) groups excluding carboxylic acids is 1. The van der Waals surface area contributed by atoms with Gasteiger partial charge in [-0.05, 0) is 24.6 Å². The number of hydrogen-bond donors (Lipinski definition) is 1. The fraction of sp³-hybridized carbons (Fsp3) is 0.364. The van der Waals surface area contributed by atoms with Gasteiger partial charge in [0.25, 0.3) is 0 Å². The molecule has 0 unspecified atom stereocenters. The number of benzene rings is 1. The van der Waals surface area contributed by atoms with Gasteiger partial charge in [-0.2, -0.15) is 0 Å². The summed E-state index contributed by atoms with van der Waals surface area (Å²) >= 11 is 11.8. The van der Waals surface area contributed by atoms with E-state index in [0.29, 0.717) is 29.4 Å². The van der Waals surface area contributed by atoms with Gasteiger partial charge < -0.3 is 10.1 Å². The standard InChI is InChI=1S/C11H13Cl2NO2/c1-16-11(15)3-2-6-14-10-7-8(12)4-5-9(10)13/h4-5,7,14H,2-3,6H2,1H3. The summed E-state index contributed by atoms with van der Waals surface area (Å²) in [5.74, 6) is -0.209. The lowest BCUT2D eigenvalue weighted by Gasteiger charge is -2.08. The van der Waals surface area contributed by atoms with Gasteiger partial charge in [-0.1, -0.05) is 23.2 Å². The SMILES string of the molecule is COC(=O)CCCNc1cc(Cl)ccc1Cl. The molecule has 0 aromatic heterocycles. The minimum atomic E-state index is -0.209. The van der Waals surface area contributed by atoms with Gasteiger partial charge in [0, 0.05) is 18.0 Å². The van der Waals surface area contributed by atoms with Gasteiger partial charge in [0.1, 0.15) is 0 Å². The van der Waals surface area contributed by atoms with Crippen molar-refractivity contribution in [3.05, 3.63) is 28.2 Å². The van der Waals surface area contributed by atoms with E-state index in [-0.39, 0.29) is 5.97 Å². The van der Waals surface area contributed by atoms with E-state index in [9.17, 15) is 4.79 Å². The molecule has 0 atom stereocenters. The van der Waals surface area contributed by atoms with Gasteiger partial charge in [0.05, 0.1) is 17.8 Å². The van der Waals surface area contributed by atoms with Crippen LogP contribution in [0.4, 0.5) is 5.69 Å². The van der Waals surface area contributed by atoms with Crippen molar-refractivity contribution in [3.63, 3.8) is 0 Å². The van der Waals surface area contributed by atoms with Crippen LogP contribution >= 0.6 is 23.2 Å². The van der Waals surface area contributed by atoms with E-state index in [2.05, 4.69) is 10.1 Å². The maximum atomic E-state index is 10.8. The molecule has 0 fully saturated rings. The van der Waals surface area contributed by atoms with E-state index in [1.165, 1.54) is 7.11 Å². The van der Waals surface area contributed by atoms with Crippen LogP contribution in [0.2, 0.25) is 10.0 Å². The van der Waals surface area contributed by atoms with Crippen molar-refractivity contribution >= 4 is 34.9 Å². The Morgan fingerprint density at radius 1 is 1.44 bits per heavy atom. The molecule has 88 valence electrons. The first-order valence-corrected chi connectivity index (χ1v) is 5.65. The predicted octanol–water partition coefficient (Wildman–Crippen LogP) is 3.36. The zero-order valence-electron chi connectivity index (χ0n) is 8.93. The normalized spacial score (nSPS) is 9.94. The average Bonchev–Trinajstić information content (AvgIpc) is 2.28. The van der Waals surface area contributed by atoms with Crippen molar-refractivity contribution in [2.75, 3.05) is 19.0 Å². The van der Waals surface area contributed by atoms with Crippen LogP contribution in [0.15, 0.2) is 18.2 Å². The number of hydrogen-bond acceptors (Lipinski definition) is 3. The molecule has 0 aliphatic carbocycles. The number of rotatable bonds is 5. The molecule has 0 radical (unpaired) electrons. The molecule has 5 heteroatoms. The van der Waals surface area contributed by atoms with Crippen molar-refractivity contribution in [1.29, 1.82) is 0 Å². The Hall–Kier alpha value is -0.930. The summed E-state index contributed by atoms with van der Waals surface area (Å²) in [5.41, 5.74) is 0.777. The summed E-state index contributed by atoms with van der Waals surface area (Å²) < 4.78 is 4.53. The number of ether oxygens (including phenoxy) is 1. The summed E-state index contributed by atoms with van der Waals surface area (Å²) in [4.78, 5) is 10.8. The van der Waals surface area contributed by atoms with E-state index in [1.807, 2.05) is 0 Å². The van der Waals surface area contributed by atoms with Crippen LogP contribution in [-0.2, 0) is 9.53 Å². The minimum Gasteiger partial charge on any atom is -0.469 e. The zero-order chi connectivity index (χ0) is 12.0. The molecule has 3 nitrogen and oxygen atoms in total. The molecule has 1 N–H and O–H groups in total. The second kappa shape index (κ2) is 6.61. The van der Waals surface area contributed by atoms with E-state index in [0.717, 1.165) is 5.69 Å². The Morgan fingerprint density at radius 2 is 2.19 bits per heavy atom. The monoisotopic (exact) mass is 261 g/mol. The first-order valence-electron chi connectivity index (χ1n) is 4.89. The molecular formula is C11H13Cl2NO2. The zero-order valence-corrected chi connectivity index (χ0v) is 10.4. The number of nitrogens with one attached hydrogen (secondary N) is 1. The Bertz CT molecular complexity index is 369. The number of esters is 1. The summed E-state index contributed by atoms with van der Waals surface area (Å²) in [7, 11) is 1.38. The Morgan fingerprint density at radius 3 is 2.88 bits per heavy atom. The lowest BCUT2D eigenvalue weighted by Crippen LogP contribution is -2.06. The number of anilines is 1. The molecule has 0 aliphatic heterocycles. The fourth-order valence-electron chi connectivity index (χ4n) is 1.19. The molecule has 1 aromatic rings. The first-order chi connectivity index (χ1) is 7.63. The second-order valence-electron chi connectivity index (χ2n) is 3.23. The molecule has 1 rings (SSSR count). The number of halogens is 2. The van der Waals surface area contributed by atoms with Gasteiger partial charge >= 0.3 is 5.97 Å². The number of carbonyl (C=O) groups is 1. The molecule has 0 aliphatic rings. The third-order valence-electron chi connectivity index (χ3n) is 2.03. The maximum Gasteiger partial charge on any atom is 0.305 e. The lowest BCUT2D eigenvalue weighted by molar-refractivity contribution is -0.140. The fourth-order valence-corrected chi connectivity index (χ4v) is 1.55. The van der Waals surface area contributed by atoms with Gasteiger partial charge in [-0.3, -0.25) is 4.79 Å². The average molecular weight is 262 g/mol. The summed E-state index contributed by atoms with van der Waals surface area (Å²) in [6, 6.07) is 5.21. The smallest absolute Gasteiger partial charge is 0.305 e. The Balaban J connectivity index is 2.37. The van der Waals surface area contributed by atoms with Crippen molar-refractivity contribution in [2.24, 2.45) is 0 Å². The minimum absolute atomic E-state index is 0.209. The van der Waals surface area contributed by atoms with Crippen molar-refractivity contribution < 1.29 is 9.53 Å². The van der Waals surface area contributed by atoms with Gasteiger partial charge in [0.2, 0.25) is 0 Å². The highest BCUT2D eigenvalue weighted by Crippen LogP contribution is 2.25. The Kier molecular flexibility index (Phi) is 5.43. The third-order valence-corrected chi connectivity index (χ3v) is 2.59. The molecule has 0 heterocycles. The van der Waals surface area contributed by atoms with Crippen molar-refractivity contribution in [3.8, 4) is 0 Å². The number of methoxy groups -OCH3 is 1. The van der Waals surface area contributed by atoms with Crippen LogP contribution in [0.25, 0.3) is 0 Å². The van der Waals surface area contributed by atoms with E-state index >= 15 is 0 Å². The molecule has 0 saturated heterocycles. The van der Waals surface area contributed by atoms with Gasteiger partial charge in [-0.25, -0.2) is 0 Å². The molecule has 0 bridgehead atoms. The van der Waals surface area contributed by atoms with Crippen LogP contribution < -0.4 is 5.32 Å².